The number of thiazole rings is 1. The van der Waals surface area contributed by atoms with Crippen LogP contribution in [0, 0.1) is 0 Å². The van der Waals surface area contributed by atoms with Gasteiger partial charge in [0.05, 0.1) is 10.2 Å². The number of halogens is 1. The maximum absolute atomic E-state index is 11.8. The van der Waals surface area contributed by atoms with Crippen LogP contribution in [0.1, 0.15) is 23.2 Å². The van der Waals surface area contributed by atoms with Crippen LogP contribution in [0.15, 0.2) is 18.2 Å². The maximum atomic E-state index is 11.8. The fourth-order valence-electron chi connectivity index (χ4n) is 1.53. The van der Waals surface area contributed by atoms with E-state index in [-0.39, 0.29) is 5.91 Å². The Morgan fingerprint density at radius 3 is 3.06 bits per heavy atom. The number of carbonyl (C=O) groups is 1. The Labute approximate surface area is 101 Å². The van der Waals surface area contributed by atoms with E-state index in [9.17, 15) is 4.79 Å². The van der Waals surface area contributed by atoms with E-state index in [2.05, 4.69) is 10.3 Å². The van der Waals surface area contributed by atoms with E-state index >= 15 is 0 Å². The van der Waals surface area contributed by atoms with Gasteiger partial charge in [-0.25, -0.2) is 4.98 Å². The molecule has 1 amide bonds. The van der Waals surface area contributed by atoms with Gasteiger partial charge in [0.15, 0.2) is 4.47 Å². The molecule has 1 aliphatic carbocycles. The van der Waals surface area contributed by atoms with Crippen LogP contribution in [0.25, 0.3) is 10.2 Å². The molecule has 0 atom stereocenters. The number of aromatic nitrogens is 1. The third-order valence-corrected chi connectivity index (χ3v) is 3.66. The van der Waals surface area contributed by atoms with E-state index in [0.717, 1.165) is 23.1 Å². The van der Waals surface area contributed by atoms with Crippen molar-refractivity contribution >= 4 is 39.1 Å². The number of rotatable bonds is 2. The molecule has 1 heterocycles. The van der Waals surface area contributed by atoms with E-state index in [1.807, 2.05) is 12.1 Å². The Balaban J connectivity index is 1.93. The molecule has 0 saturated heterocycles. The molecule has 5 heteroatoms. The minimum absolute atomic E-state index is 0.00563. The van der Waals surface area contributed by atoms with Crippen LogP contribution in [0.5, 0.6) is 0 Å². The minimum atomic E-state index is -0.00563. The average Bonchev–Trinajstić information content (AvgIpc) is 2.96. The number of nitrogens with one attached hydrogen (secondary N) is 1. The van der Waals surface area contributed by atoms with Gasteiger partial charge in [0, 0.05) is 11.6 Å². The summed E-state index contributed by atoms with van der Waals surface area (Å²) < 4.78 is 1.46. The molecule has 82 valence electrons. The van der Waals surface area contributed by atoms with Crippen LogP contribution in [-0.2, 0) is 0 Å². The first-order chi connectivity index (χ1) is 7.72. The summed E-state index contributed by atoms with van der Waals surface area (Å²) in [5.41, 5.74) is 1.53. The second-order valence-corrected chi connectivity index (χ2v) is 5.51. The first kappa shape index (κ1) is 10.1. The van der Waals surface area contributed by atoms with Crippen LogP contribution in [0.3, 0.4) is 0 Å². The number of amides is 1. The molecular weight excluding hydrogens is 244 g/mol. The van der Waals surface area contributed by atoms with Crippen molar-refractivity contribution in [2.75, 3.05) is 0 Å². The van der Waals surface area contributed by atoms with Gasteiger partial charge in [-0.05, 0) is 31.0 Å². The van der Waals surface area contributed by atoms with Gasteiger partial charge in [-0.15, -0.1) is 11.3 Å². The minimum Gasteiger partial charge on any atom is -0.349 e. The average molecular weight is 253 g/mol. The molecule has 1 fully saturated rings. The molecule has 2 aromatic rings. The standard InChI is InChI=1S/C11H9ClN2OS/c12-11-14-8-4-1-6(5-9(8)16-11)10(15)13-7-2-3-7/h1,4-5,7H,2-3H2,(H,13,15). The SMILES string of the molecule is O=C(NC1CC1)c1ccc2nc(Cl)sc2c1. The number of fused-ring (bicyclic) bond motifs is 1. The Morgan fingerprint density at radius 1 is 1.50 bits per heavy atom. The highest BCUT2D eigenvalue weighted by Crippen LogP contribution is 2.26. The summed E-state index contributed by atoms with van der Waals surface area (Å²) in [6.07, 6.45) is 2.20. The predicted molar refractivity (Wildman–Crippen MR) is 65.1 cm³/mol. The summed E-state index contributed by atoms with van der Waals surface area (Å²) in [7, 11) is 0. The molecule has 0 bridgehead atoms. The Kier molecular flexibility index (Phi) is 2.33. The van der Waals surface area contributed by atoms with E-state index < -0.39 is 0 Å². The van der Waals surface area contributed by atoms with Crippen LogP contribution in [0.4, 0.5) is 0 Å². The van der Waals surface area contributed by atoms with Crippen molar-refractivity contribution in [1.82, 2.24) is 10.3 Å². The highest BCUT2D eigenvalue weighted by molar-refractivity contribution is 7.22. The zero-order chi connectivity index (χ0) is 11.1. The van der Waals surface area contributed by atoms with E-state index in [1.165, 1.54) is 11.3 Å². The molecule has 3 rings (SSSR count). The molecule has 0 spiro atoms. The maximum Gasteiger partial charge on any atom is 0.251 e. The normalized spacial score (nSPS) is 15.3. The molecule has 16 heavy (non-hydrogen) atoms. The fraction of sp³-hybridized carbons (Fsp3) is 0.273. The number of hydrogen-bond donors (Lipinski definition) is 1. The van der Waals surface area contributed by atoms with Gasteiger partial charge in [0.1, 0.15) is 0 Å². The molecule has 0 radical (unpaired) electrons. The van der Waals surface area contributed by atoms with Crippen molar-refractivity contribution in [3.8, 4) is 0 Å². The van der Waals surface area contributed by atoms with Crippen LogP contribution < -0.4 is 5.32 Å². The zero-order valence-corrected chi connectivity index (χ0v) is 9.94. The Morgan fingerprint density at radius 2 is 2.31 bits per heavy atom. The summed E-state index contributed by atoms with van der Waals surface area (Å²) in [5, 5.41) is 2.95. The number of hydrogen-bond acceptors (Lipinski definition) is 3. The van der Waals surface area contributed by atoms with Crippen LogP contribution in [0.2, 0.25) is 4.47 Å². The molecule has 1 aliphatic rings. The quantitative estimate of drug-likeness (QED) is 0.893. The lowest BCUT2D eigenvalue weighted by Crippen LogP contribution is -2.25. The van der Waals surface area contributed by atoms with Gasteiger partial charge in [-0.2, -0.15) is 0 Å². The molecule has 1 N–H and O–H groups in total. The summed E-state index contributed by atoms with van der Waals surface area (Å²) in [4.78, 5) is 15.9. The van der Waals surface area contributed by atoms with Crippen molar-refractivity contribution in [2.24, 2.45) is 0 Å². The summed E-state index contributed by atoms with van der Waals surface area (Å²) in [5.74, 6) is -0.00563. The second-order valence-electron chi connectivity index (χ2n) is 3.90. The van der Waals surface area contributed by atoms with Gasteiger partial charge in [-0.1, -0.05) is 11.6 Å². The lowest BCUT2D eigenvalue weighted by Gasteiger charge is -2.02. The summed E-state index contributed by atoms with van der Waals surface area (Å²) in [6.45, 7) is 0. The van der Waals surface area contributed by atoms with E-state index in [4.69, 9.17) is 11.6 Å². The molecule has 0 unspecified atom stereocenters. The topological polar surface area (TPSA) is 42.0 Å². The Bertz CT molecular complexity index is 562. The molecule has 3 nitrogen and oxygen atoms in total. The van der Waals surface area contributed by atoms with Crippen LogP contribution in [-0.4, -0.2) is 16.9 Å². The predicted octanol–water partition coefficient (Wildman–Crippen LogP) is 2.84. The van der Waals surface area contributed by atoms with Gasteiger partial charge in [-0.3, -0.25) is 4.79 Å². The van der Waals surface area contributed by atoms with E-state index in [1.54, 1.807) is 6.07 Å². The summed E-state index contributed by atoms with van der Waals surface area (Å²) >= 11 is 7.21. The Hall–Kier alpha value is -1.13. The van der Waals surface area contributed by atoms with Gasteiger partial charge < -0.3 is 5.32 Å². The van der Waals surface area contributed by atoms with Crippen molar-refractivity contribution in [3.63, 3.8) is 0 Å². The molecule has 0 aliphatic heterocycles. The lowest BCUT2D eigenvalue weighted by atomic mass is 10.2. The smallest absolute Gasteiger partial charge is 0.251 e. The molecular formula is C11H9ClN2OS. The first-order valence-electron chi connectivity index (χ1n) is 5.09. The molecule has 1 aromatic carbocycles. The lowest BCUT2D eigenvalue weighted by molar-refractivity contribution is 0.0951. The zero-order valence-electron chi connectivity index (χ0n) is 8.37. The highest BCUT2D eigenvalue weighted by atomic mass is 35.5. The third kappa shape index (κ3) is 1.90. The number of carbonyl (C=O) groups excluding carboxylic acids is 1. The van der Waals surface area contributed by atoms with Crippen molar-refractivity contribution in [1.29, 1.82) is 0 Å². The molecule has 1 saturated carbocycles. The van der Waals surface area contributed by atoms with E-state index in [0.29, 0.717) is 16.1 Å². The third-order valence-electron chi connectivity index (χ3n) is 2.54. The monoisotopic (exact) mass is 252 g/mol. The second kappa shape index (κ2) is 3.71. The summed E-state index contributed by atoms with van der Waals surface area (Å²) in [6, 6.07) is 5.85. The highest BCUT2D eigenvalue weighted by Gasteiger charge is 2.23. The first-order valence-corrected chi connectivity index (χ1v) is 6.29. The number of nitrogens with zero attached hydrogens (tertiary/aromatic N) is 1. The fourth-order valence-corrected chi connectivity index (χ4v) is 2.60. The number of benzene rings is 1. The molecule has 1 aromatic heterocycles. The van der Waals surface area contributed by atoms with Crippen molar-refractivity contribution < 1.29 is 4.79 Å². The van der Waals surface area contributed by atoms with Gasteiger partial charge in [0.25, 0.3) is 5.91 Å². The van der Waals surface area contributed by atoms with Crippen molar-refractivity contribution in [3.05, 3.63) is 28.2 Å². The van der Waals surface area contributed by atoms with Crippen LogP contribution >= 0.6 is 22.9 Å². The van der Waals surface area contributed by atoms with Gasteiger partial charge in [0.2, 0.25) is 0 Å². The van der Waals surface area contributed by atoms with Gasteiger partial charge >= 0.3 is 0 Å². The largest absolute Gasteiger partial charge is 0.349 e. The van der Waals surface area contributed by atoms with Crippen molar-refractivity contribution in [2.45, 2.75) is 18.9 Å².